The maximum absolute atomic E-state index is 12.0. The van der Waals surface area contributed by atoms with Crippen molar-refractivity contribution >= 4 is 33.7 Å². The van der Waals surface area contributed by atoms with E-state index in [0.29, 0.717) is 19.7 Å². The summed E-state index contributed by atoms with van der Waals surface area (Å²) in [4.78, 5) is 37.3. The van der Waals surface area contributed by atoms with Crippen molar-refractivity contribution in [3.8, 4) is 0 Å². The molecule has 0 bridgehead atoms. The number of amides is 2. The minimum atomic E-state index is -0.759. The molecule has 25 heavy (non-hydrogen) atoms. The first-order valence-electron chi connectivity index (χ1n) is 9.39. The number of nitrogens with zero attached hydrogens (tertiary/aromatic N) is 1. The van der Waals surface area contributed by atoms with Gasteiger partial charge < -0.3 is 15.0 Å². The zero-order valence-corrected chi connectivity index (χ0v) is 16.8. The van der Waals surface area contributed by atoms with E-state index in [4.69, 9.17) is 4.74 Å². The topological polar surface area (TPSA) is 75.7 Å². The Bertz CT molecular complexity index is 431. The lowest BCUT2D eigenvalue weighted by molar-refractivity contribution is -0.151. The number of halogens is 1. The molecule has 0 unspecified atom stereocenters. The Morgan fingerprint density at radius 2 is 1.80 bits per heavy atom. The fourth-order valence-electron chi connectivity index (χ4n) is 2.93. The van der Waals surface area contributed by atoms with Crippen LogP contribution in [0.5, 0.6) is 0 Å². The van der Waals surface area contributed by atoms with Gasteiger partial charge in [0.1, 0.15) is 6.04 Å². The molecule has 0 saturated carbocycles. The number of hydrogen-bond donors (Lipinski definition) is 1. The van der Waals surface area contributed by atoms with Crippen LogP contribution in [0.3, 0.4) is 0 Å². The third kappa shape index (κ3) is 8.70. The number of rotatable bonds is 12. The van der Waals surface area contributed by atoms with Crippen LogP contribution >= 0.6 is 15.9 Å². The van der Waals surface area contributed by atoms with Gasteiger partial charge in [-0.05, 0) is 6.42 Å². The molecule has 0 spiro atoms. The highest BCUT2D eigenvalue weighted by Crippen LogP contribution is 2.12. The average molecular weight is 419 g/mol. The van der Waals surface area contributed by atoms with E-state index in [0.717, 1.165) is 12.8 Å². The lowest BCUT2D eigenvalue weighted by Crippen LogP contribution is -2.58. The third-order valence-electron chi connectivity index (χ3n) is 4.39. The summed E-state index contributed by atoms with van der Waals surface area (Å²) >= 11 is 3.11. The Hall–Kier alpha value is -1.11. The van der Waals surface area contributed by atoms with E-state index >= 15 is 0 Å². The van der Waals surface area contributed by atoms with Crippen LogP contribution in [0.1, 0.15) is 64.7 Å². The highest BCUT2D eigenvalue weighted by Gasteiger charge is 2.34. The van der Waals surface area contributed by atoms with Crippen LogP contribution in [-0.2, 0) is 19.1 Å². The van der Waals surface area contributed by atoms with Crippen molar-refractivity contribution in [3.63, 3.8) is 0 Å². The highest BCUT2D eigenvalue weighted by molar-refractivity contribution is 9.09. The lowest BCUT2D eigenvalue weighted by atomic mass is 10.1. The summed E-state index contributed by atoms with van der Waals surface area (Å²) in [6, 6.07) is -0.759. The first-order valence-corrected chi connectivity index (χ1v) is 10.5. The van der Waals surface area contributed by atoms with Crippen LogP contribution in [-0.4, -0.2) is 53.8 Å². The Kier molecular flexibility index (Phi) is 11.5. The van der Waals surface area contributed by atoms with Crippen LogP contribution in [0.25, 0.3) is 0 Å². The molecule has 1 aliphatic rings. The van der Waals surface area contributed by atoms with Gasteiger partial charge in [0.15, 0.2) is 0 Å². The molecule has 0 aliphatic carbocycles. The summed E-state index contributed by atoms with van der Waals surface area (Å²) < 4.78 is 5.23. The molecule has 0 radical (unpaired) electrons. The lowest BCUT2D eigenvalue weighted by Gasteiger charge is -2.34. The maximum Gasteiger partial charge on any atom is 0.308 e. The molecule has 1 rings (SSSR count). The molecule has 2 amide bonds. The smallest absolute Gasteiger partial charge is 0.308 e. The number of nitrogens with one attached hydrogen (secondary N) is 1. The van der Waals surface area contributed by atoms with Crippen molar-refractivity contribution in [2.75, 3.05) is 25.0 Å². The monoisotopic (exact) mass is 418 g/mol. The number of hydrogen-bond acceptors (Lipinski definition) is 4. The SMILES string of the molecule is CCCCCCCCCCOC(=O)C[C@@H]1C(=O)NCCN1C(=O)CBr. The Labute approximate surface area is 159 Å². The fraction of sp³-hybridized carbons (Fsp3) is 0.833. The molecule has 1 aliphatic heterocycles. The molecule has 1 heterocycles. The number of carbonyl (C=O) groups excluding carboxylic acids is 3. The van der Waals surface area contributed by atoms with Gasteiger partial charge in [-0.15, -0.1) is 0 Å². The first kappa shape index (κ1) is 21.9. The van der Waals surface area contributed by atoms with Crippen LogP contribution in [0.4, 0.5) is 0 Å². The van der Waals surface area contributed by atoms with Crippen molar-refractivity contribution in [2.45, 2.75) is 70.8 Å². The predicted octanol–water partition coefficient (Wildman–Crippen LogP) is 2.78. The van der Waals surface area contributed by atoms with E-state index in [1.165, 1.54) is 43.4 Å². The molecule has 0 aromatic heterocycles. The average Bonchev–Trinajstić information content (AvgIpc) is 2.61. The van der Waals surface area contributed by atoms with E-state index in [1.54, 1.807) is 0 Å². The quantitative estimate of drug-likeness (QED) is 0.300. The van der Waals surface area contributed by atoms with Gasteiger partial charge in [0.2, 0.25) is 11.8 Å². The van der Waals surface area contributed by atoms with Gasteiger partial charge in [0, 0.05) is 13.1 Å². The van der Waals surface area contributed by atoms with Gasteiger partial charge >= 0.3 is 5.97 Å². The second kappa shape index (κ2) is 13.1. The number of ether oxygens (including phenoxy) is 1. The van der Waals surface area contributed by atoms with Crippen molar-refractivity contribution < 1.29 is 19.1 Å². The van der Waals surface area contributed by atoms with Gasteiger partial charge in [0.25, 0.3) is 0 Å². The van der Waals surface area contributed by atoms with Crippen LogP contribution in [0, 0.1) is 0 Å². The van der Waals surface area contributed by atoms with Crippen molar-refractivity contribution in [2.24, 2.45) is 0 Å². The Morgan fingerprint density at radius 3 is 2.44 bits per heavy atom. The van der Waals surface area contributed by atoms with E-state index in [1.807, 2.05) is 0 Å². The zero-order valence-electron chi connectivity index (χ0n) is 15.2. The molecule has 7 heteroatoms. The number of carbonyl (C=O) groups is 3. The molecule has 1 atom stereocenters. The standard InChI is InChI=1S/C18H31BrN2O4/c1-2-3-4-5-6-7-8-9-12-25-17(23)13-15-18(24)20-10-11-21(15)16(22)14-19/h15H,2-14H2,1H3,(H,20,24)/t15-/m1/s1. The molecule has 1 saturated heterocycles. The van der Waals surface area contributed by atoms with E-state index in [-0.39, 0.29) is 23.6 Å². The van der Waals surface area contributed by atoms with Gasteiger partial charge in [-0.2, -0.15) is 0 Å². The molecule has 1 fully saturated rings. The highest BCUT2D eigenvalue weighted by atomic mass is 79.9. The predicted molar refractivity (Wildman–Crippen MR) is 100 cm³/mol. The van der Waals surface area contributed by atoms with E-state index < -0.39 is 12.0 Å². The minimum Gasteiger partial charge on any atom is -0.466 e. The number of esters is 1. The van der Waals surface area contributed by atoms with E-state index in [2.05, 4.69) is 28.2 Å². The largest absolute Gasteiger partial charge is 0.466 e. The third-order valence-corrected chi connectivity index (χ3v) is 4.87. The van der Waals surface area contributed by atoms with Gasteiger partial charge in [-0.1, -0.05) is 67.8 Å². The molecule has 0 aromatic rings. The normalized spacial score (nSPS) is 17.3. The molecular weight excluding hydrogens is 388 g/mol. The zero-order chi connectivity index (χ0) is 18.5. The first-order chi connectivity index (χ1) is 12.1. The molecular formula is C18H31BrN2O4. The molecule has 144 valence electrons. The summed E-state index contributed by atoms with van der Waals surface area (Å²) in [5.74, 6) is -0.891. The summed E-state index contributed by atoms with van der Waals surface area (Å²) in [5.41, 5.74) is 0. The second-order valence-corrected chi connectivity index (χ2v) is 6.99. The Morgan fingerprint density at radius 1 is 1.16 bits per heavy atom. The minimum absolute atomic E-state index is 0.0818. The number of piperazine rings is 1. The van der Waals surface area contributed by atoms with Crippen LogP contribution < -0.4 is 5.32 Å². The number of alkyl halides is 1. The maximum atomic E-state index is 12.0. The second-order valence-electron chi connectivity index (χ2n) is 6.43. The van der Waals surface area contributed by atoms with Crippen molar-refractivity contribution in [1.29, 1.82) is 0 Å². The molecule has 6 nitrogen and oxygen atoms in total. The van der Waals surface area contributed by atoms with Gasteiger partial charge in [-0.3, -0.25) is 14.4 Å². The Balaban J connectivity index is 2.19. The van der Waals surface area contributed by atoms with Crippen molar-refractivity contribution in [3.05, 3.63) is 0 Å². The fourth-order valence-corrected chi connectivity index (χ4v) is 3.25. The van der Waals surface area contributed by atoms with Gasteiger partial charge in [-0.25, -0.2) is 0 Å². The molecule has 1 N–H and O–H groups in total. The van der Waals surface area contributed by atoms with E-state index in [9.17, 15) is 14.4 Å². The summed E-state index contributed by atoms with van der Waals surface area (Å²) in [5, 5.41) is 2.84. The summed E-state index contributed by atoms with van der Waals surface area (Å²) in [7, 11) is 0. The summed E-state index contributed by atoms with van der Waals surface area (Å²) in [6.45, 7) is 3.43. The van der Waals surface area contributed by atoms with Crippen molar-refractivity contribution in [1.82, 2.24) is 10.2 Å². The molecule has 0 aromatic carbocycles. The van der Waals surface area contributed by atoms with Gasteiger partial charge in [0.05, 0.1) is 18.4 Å². The van der Waals surface area contributed by atoms with Crippen LogP contribution in [0.15, 0.2) is 0 Å². The number of unbranched alkanes of at least 4 members (excludes halogenated alkanes) is 7. The van der Waals surface area contributed by atoms with Crippen LogP contribution in [0.2, 0.25) is 0 Å². The summed E-state index contributed by atoms with van der Waals surface area (Å²) in [6.07, 6.45) is 9.37.